The third kappa shape index (κ3) is 4.99. The molecule has 0 unspecified atom stereocenters. The summed E-state index contributed by atoms with van der Waals surface area (Å²) in [5, 5.41) is 2.80. The van der Waals surface area contributed by atoms with Crippen molar-refractivity contribution in [3.63, 3.8) is 0 Å². The summed E-state index contributed by atoms with van der Waals surface area (Å²) in [6, 6.07) is 5.67. The summed E-state index contributed by atoms with van der Waals surface area (Å²) >= 11 is 0. The predicted octanol–water partition coefficient (Wildman–Crippen LogP) is 1.48. The van der Waals surface area contributed by atoms with E-state index in [9.17, 15) is 14.4 Å². The Balaban J connectivity index is 1.98. The highest BCUT2D eigenvalue weighted by atomic mass is 16.5. The van der Waals surface area contributed by atoms with Crippen molar-refractivity contribution in [3.05, 3.63) is 50.2 Å². The number of ether oxygens (including phenoxy) is 1. The number of unbranched alkanes of at least 4 members (excludes halogenated alkanes) is 1. The van der Waals surface area contributed by atoms with Gasteiger partial charge >= 0.3 is 5.69 Å². The Kier molecular flexibility index (Phi) is 7.17. The Morgan fingerprint density at radius 3 is 2.52 bits per heavy atom. The van der Waals surface area contributed by atoms with Crippen LogP contribution in [0.25, 0.3) is 0 Å². The van der Waals surface area contributed by atoms with E-state index in [1.807, 2.05) is 43.9 Å². The molecule has 31 heavy (non-hydrogen) atoms. The third-order valence-electron chi connectivity index (χ3n) is 5.46. The van der Waals surface area contributed by atoms with Gasteiger partial charge in [0.2, 0.25) is 5.91 Å². The first-order valence-corrected chi connectivity index (χ1v) is 10.7. The van der Waals surface area contributed by atoms with Crippen LogP contribution in [0.2, 0.25) is 0 Å². The molecule has 3 rings (SSSR count). The van der Waals surface area contributed by atoms with Crippen LogP contribution in [0.15, 0.2) is 27.8 Å². The zero-order valence-electron chi connectivity index (χ0n) is 18.4. The van der Waals surface area contributed by atoms with E-state index in [2.05, 4.69) is 5.32 Å². The van der Waals surface area contributed by atoms with Crippen LogP contribution < -0.4 is 27.2 Å². The lowest BCUT2D eigenvalue weighted by atomic mass is 10.1. The molecule has 1 amide bonds. The number of nitrogens with zero attached hydrogens (tertiary/aromatic N) is 3. The number of amides is 1. The molecule has 3 N–H and O–H groups in total. The Hall–Kier alpha value is -3.07. The highest BCUT2D eigenvalue weighted by molar-refractivity contribution is 5.91. The SMILES string of the molecule is CCCCn1c(N)c(N2CCOCC2)c(=O)n(CC(=O)Nc2ccc(C)cc2C)c1=O. The van der Waals surface area contributed by atoms with Gasteiger partial charge in [0, 0.05) is 25.3 Å². The zero-order valence-corrected chi connectivity index (χ0v) is 18.4. The monoisotopic (exact) mass is 429 g/mol. The number of aryl methyl sites for hydroxylation is 2. The summed E-state index contributed by atoms with van der Waals surface area (Å²) in [7, 11) is 0. The lowest BCUT2D eigenvalue weighted by molar-refractivity contribution is -0.116. The molecular formula is C22H31N5O4. The average molecular weight is 430 g/mol. The Labute approximate surface area is 181 Å². The molecule has 2 heterocycles. The molecule has 0 saturated carbocycles. The van der Waals surface area contributed by atoms with Crippen molar-refractivity contribution in [2.45, 2.75) is 46.7 Å². The van der Waals surface area contributed by atoms with Crippen molar-refractivity contribution >= 4 is 23.1 Å². The van der Waals surface area contributed by atoms with Crippen molar-refractivity contribution in [2.75, 3.05) is 42.3 Å². The van der Waals surface area contributed by atoms with Gasteiger partial charge in [0.25, 0.3) is 5.56 Å². The van der Waals surface area contributed by atoms with Crippen LogP contribution in [0, 0.1) is 13.8 Å². The van der Waals surface area contributed by atoms with E-state index in [0.717, 1.165) is 28.5 Å². The highest BCUT2D eigenvalue weighted by Crippen LogP contribution is 2.19. The van der Waals surface area contributed by atoms with E-state index in [1.165, 1.54) is 4.57 Å². The van der Waals surface area contributed by atoms with E-state index >= 15 is 0 Å². The van der Waals surface area contributed by atoms with Crippen molar-refractivity contribution in [1.82, 2.24) is 9.13 Å². The lowest BCUT2D eigenvalue weighted by Gasteiger charge is -2.30. The van der Waals surface area contributed by atoms with E-state index in [1.54, 1.807) is 0 Å². The summed E-state index contributed by atoms with van der Waals surface area (Å²) in [4.78, 5) is 40.9. The van der Waals surface area contributed by atoms with Crippen LogP contribution in [0.1, 0.15) is 30.9 Å². The molecule has 9 heteroatoms. The number of morpholine rings is 1. The van der Waals surface area contributed by atoms with E-state index in [0.29, 0.717) is 38.5 Å². The molecule has 1 fully saturated rings. The minimum Gasteiger partial charge on any atom is -0.383 e. The number of hydrogen-bond acceptors (Lipinski definition) is 6. The normalized spacial score (nSPS) is 14.0. The topological polar surface area (TPSA) is 112 Å². The van der Waals surface area contributed by atoms with Crippen LogP contribution in [0.4, 0.5) is 17.2 Å². The molecule has 0 radical (unpaired) electrons. The van der Waals surface area contributed by atoms with Gasteiger partial charge in [-0.2, -0.15) is 0 Å². The first kappa shape index (κ1) is 22.6. The average Bonchev–Trinajstić information content (AvgIpc) is 2.74. The van der Waals surface area contributed by atoms with Gasteiger partial charge < -0.3 is 20.7 Å². The van der Waals surface area contributed by atoms with Gasteiger partial charge in [-0.25, -0.2) is 9.36 Å². The highest BCUT2D eigenvalue weighted by Gasteiger charge is 2.24. The Bertz CT molecular complexity index is 1070. The molecule has 1 aliphatic rings. The fourth-order valence-corrected chi connectivity index (χ4v) is 3.74. The summed E-state index contributed by atoms with van der Waals surface area (Å²) in [5.41, 5.74) is 8.07. The van der Waals surface area contributed by atoms with E-state index < -0.39 is 17.2 Å². The quantitative estimate of drug-likeness (QED) is 0.690. The van der Waals surface area contributed by atoms with Gasteiger partial charge in [-0.3, -0.25) is 14.2 Å². The minimum atomic E-state index is -0.566. The van der Waals surface area contributed by atoms with Gasteiger partial charge in [-0.1, -0.05) is 31.0 Å². The largest absolute Gasteiger partial charge is 0.383 e. The van der Waals surface area contributed by atoms with Crippen molar-refractivity contribution in [3.8, 4) is 0 Å². The first-order valence-electron chi connectivity index (χ1n) is 10.7. The van der Waals surface area contributed by atoms with Gasteiger partial charge in [0.1, 0.15) is 18.1 Å². The Morgan fingerprint density at radius 2 is 1.87 bits per heavy atom. The zero-order chi connectivity index (χ0) is 22.5. The first-order chi connectivity index (χ1) is 14.8. The maximum Gasteiger partial charge on any atom is 0.333 e. The maximum absolute atomic E-state index is 13.2. The Morgan fingerprint density at radius 1 is 1.16 bits per heavy atom. The van der Waals surface area contributed by atoms with Crippen LogP contribution in [0.5, 0.6) is 0 Å². The molecule has 1 saturated heterocycles. The molecule has 0 atom stereocenters. The molecule has 168 valence electrons. The van der Waals surface area contributed by atoms with Crippen molar-refractivity contribution < 1.29 is 9.53 Å². The summed E-state index contributed by atoms with van der Waals surface area (Å²) in [6.07, 6.45) is 1.60. The number of hydrogen-bond donors (Lipinski definition) is 2. The number of rotatable bonds is 7. The number of nitrogens with two attached hydrogens (primary N) is 1. The van der Waals surface area contributed by atoms with Gasteiger partial charge in [-0.15, -0.1) is 0 Å². The summed E-state index contributed by atoms with van der Waals surface area (Å²) in [5.74, 6) is -0.290. The maximum atomic E-state index is 13.2. The third-order valence-corrected chi connectivity index (χ3v) is 5.46. The van der Waals surface area contributed by atoms with E-state index in [4.69, 9.17) is 10.5 Å². The van der Waals surface area contributed by atoms with E-state index in [-0.39, 0.29) is 18.1 Å². The van der Waals surface area contributed by atoms with Crippen LogP contribution >= 0.6 is 0 Å². The molecule has 1 aromatic heterocycles. The molecule has 1 aliphatic heterocycles. The predicted molar refractivity (Wildman–Crippen MR) is 122 cm³/mol. The number of anilines is 3. The molecular weight excluding hydrogens is 398 g/mol. The fourth-order valence-electron chi connectivity index (χ4n) is 3.74. The minimum absolute atomic E-state index is 0.149. The van der Waals surface area contributed by atoms with Gasteiger partial charge in [-0.05, 0) is 31.9 Å². The lowest BCUT2D eigenvalue weighted by Crippen LogP contribution is -2.48. The molecule has 1 aromatic carbocycles. The van der Waals surface area contributed by atoms with Crippen LogP contribution in [-0.2, 0) is 22.6 Å². The fraction of sp³-hybridized carbons (Fsp3) is 0.500. The molecule has 0 spiro atoms. The standard InChI is InChI=1S/C22H31N5O4/c1-4-5-8-26-20(23)19(25-9-11-31-12-10-25)21(29)27(22(26)30)14-18(28)24-17-7-6-15(2)13-16(17)3/h6-7,13H,4-5,8-12,14,23H2,1-3H3,(H,24,28). The number of carbonyl (C=O) groups excluding carboxylic acids is 1. The van der Waals surface area contributed by atoms with Crippen molar-refractivity contribution in [1.29, 1.82) is 0 Å². The van der Waals surface area contributed by atoms with Gasteiger partial charge in [0.05, 0.1) is 13.2 Å². The van der Waals surface area contributed by atoms with Crippen LogP contribution in [-0.4, -0.2) is 41.3 Å². The van der Waals surface area contributed by atoms with Gasteiger partial charge in [0.15, 0.2) is 0 Å². The van der Waals surface area contributed by atoms with Crippen molar-refractivity contribution in [2.24, 2.45) is 0 Å². The molecule has 0 bridgehead atoms. The summed E-state index contributed by atoms with van der Waals surface area (Å²) < 4.78 is 7.76. The number of carbonyl (C=O) groups is 1. The summed E-state index contributed by atoms with van der Waals surface area (Å²) in [6.45, 7) is 7.83. The second kappa shape index (κ2) is 9.82. The second-order valence-corrected chi connectivity index (χ2v) is 7.88. The molecule has 9 nitrogen and oxygen atoms in total. The number of nitrogen functional groups attached to an aromatic ring is 1. The number of nitrogens with one attached hydrogen (secondary N) is 1. The van der Waals surface area contributed by atoms with Crippen LogP contribution in [0.3, 0.4) is 0 Å². The molecule has 0 aliphatic carbocycles. The second-order valence-electron chi connectivity index (χ2n) is 7.88. The smallest absolute Gasteiger partial charge is 0.333 e. The number of aromatic nitrogens is 2. The molecule has 2 aromatic rings. The number of benzene rings is 1.